The topological polar surface area (TPSA) is 71.8 Å². The fourth-order valence-corrected chi connectivity index (χ4v) is 3.66. The zero-order valence-electron chi connectivity index (χ0n) is 17.0. The van der Waals surface area contributed by atoms with E-state index in [2.05, 4.69) is 60.8 Å². The van der Waals surface area contributed by atoms with Crippen molar-refractivity contribution in [2.45, 2.75) is 65.3 Å². The Kier molecular flexibility index (Phi) is 5.95. The van der Waals surface area contributed by atoms with Crippen LogP contribution in [-0.4, -0.2) is 34.0 Å². The van der Waals surface area contributed by atoms with E-state index in [9.17, 15) is 4.79 Å². The molecule has 1 saturated heterocycles. The van der Waals surface area contributed by atoms with Crippen molar-refractivity contribution in [3.05, 3.63) is 40.7 Å². The second kappa shape index (κ2) is 8.21. The summed E-state index contributed by atoms with van der Waals surface area (Å²) in [6.45, 7) is 12.5. The van der Waals surface area contributed by atoms with Gasteiger partial charge in [-0.1, -0.05) is 45.0 Å². The minimum Gasteiger partial charge on any atom is -0.320 e. The highest BCUT2D eigenvalue weighted by Crippen LogP contribution is 2.29. The smallest absolute Gasteiger partial charge is 0.278 e. The van der Waals surface area contributed by atoms with Crippen molar-refractivity contribution >= 4 is 11.6 Å². The second-order valence-electron chi connectivity index (χ2n) is 8.06. The van der Waals surface area contributed by atoms with E-state index in [-0.39, 0.29) is 5.91 Å². The summed E-state index contributed by atoms with van der Waals surface area (Å²) < 4.78 is 1.92. The molecule has 6 heteroatoms. The first-order valence-corrected chi connectivity index (χ1v) is 9.96. The summed E-state index contributed by atoms with van der Waals surface area (Å²) in [6, 6.07) is 6.61. The Balaban J connectivity index is 1.82. The molecule has 2 N–H and O–H groups in total. The van der Waals surface area contributed by atoms with E-state index in [0.717, 1.165) is 42.9 Å². The first kappa shape index (κ1) is 19.5. The Hall–Kier alpha value is -2.21. The second-order valence-corrected chi connectivity index (χ2v) is 8.06. The number of carbonyl (C=O) groups excluding carboxylic acids is 1. The highest BCUT2D eigenvalue weighted by Gasteiger charge is 2.23. The average Bonchev–Trinajstić information content (AvgIpc) is 3.04. The van der Waals surface area contributed by atoms with Gasteiger partial charge in [-0.05, 0) is 61.9 Å². The Morgan fingerprint density at radius 3 is 2.52 bits per heavy atom. The third-order valence-electron chi connectivity index (χ3n) is 5.41. The third-order valence-corrected chi connectivity index (χ3v) is 5.41. The van der Waals surface area contributed by atoms with E-state index in [1.165, 1.54) is 5.56 Å². The number of rotatable bonds is 5. The lowest BCUT2D eigenvalue weighted by atomic mass is 9.94. The molecule has 6 nitrogen and oxygen atoms in total. The lowest BCUT2D eigenvalue weighted by Gasteiger charge is -2.23. The van der Waals surface area contributed by atoms with Gasteiger partial charge >= 0.3 is 0 Å². The summed E-state index contributed by atoms with van der Waals surface area (Å²) in [5, 5.41) is 14.9. The van der Waals surface area contributed by atoms with Crippen LogP contribution in [0.15, 0.2) is 18.2 Å². The summed E-state index contributed by atoms with van der Waals surface area (Å²) >= 11 is 0. The molecule has 0 bridgehead atoms. The molecule has 0 aliphatic carbocycles. The molecule has 1 fully saturated rings. The molecule has 1 aliphatic rings. The summed E-state index contributed by atoms with van der Waals surface area (Å²) in [5.41, 5.74) is 4.54. The molecule has 2 aromatic rings. The molecule has 1 amide bonds. The maximum absolute atomic E-state index is 12.9. The van der Waals surface area contributed by atoms with Gasteiger partial charge in [-0.3, -0.25) is 4.79 Å². The van der Waals surface area contributed by atoms with Gasteiger partial charge < -0.3 is 10.6 Å². The predicted molar refractivity (Wildman–Crippen MR) is 108 cm³/mol. The molecule has 2 heterocycles. The maximum atomic E-state index is 12.9. The van der Waals surface area contributed by atoms with Gasteiger partial charge in [-0.25, -0.2) is 4.68 Å². The fraction of sp³-hybridized carbons (Fsp3) is 0.571. The van der Waals surface area contributed by atoms with E-state index in [1.54, 1.807) is 0 Å². The average molecular weight is 370 g/mol. The Bertz CT molecular complexity index is 803. The SMILES string of the molecule is Cc1c(C(=O)Nc2ccc(C(C)C)cc2C(C)C)nnn1C1CCNCC1. The Labute approximate surface area is 161 Å². The number of amides is 1. The van der Waals surface area contributed by atoms with Gasteiger partial charge in [0.2, 0.25) is 0 Å². The molecule has 0 saturated carbocycles. The first-order valence-electron chi connectivity index (χ1n) is 9.96. The Morgan fingerprint density at radius 1 is 1.19 bits per heavy atom. The predicted octanol–water partition coefficient (Wildman–Crippen LogP) is 4.01. The largest absolute Gasteiger partial charge is 0.320 e. The molecular formula is C21H31N5O. The zero-order valence-corrected chi connectivity index (χ0v) is 17.0. The summed E-state index contributed by atoms with van der Waals surface area (Å²) in [5.74, 6) is 0.594. The van der Waals surface area contributed by atoms with Gasteiger partial charge in [0, 0.05) is 5.69 Å². The van der Waals surface area contributed by atoms with Crippen molar-refractivity contribution in [3.63, 3.8) is 0 Å². The standard InChI is InChI=1S/C21H31N5O/c1-13(2)16-6-7-19(18(12-16)14(3)4)23-21(27)20-15(5)26(25-24-20)17-8-10-22-11-9-17/h6-7,12-14,17,22H,8-11H2,1-5H3,(H,23,27). The molecule has 0 unspecified atom stereocenters. The highest BCUT2D eigenvalue weighted by atomic mass is 16.2. The number of hydrogen-bond donors (Lipinski definition) is 2. The minimum absolute atomic E-state index is 0.188. The molecular weight excluding hydrogens is 338 g/mol. The van der Waals surface area contributed by atoms with Crippen molar-refractivity contribution in [1.29, 1.82) is 0 Å². The lowest BCUT2D eigenvalue weighted by molar-refractivity contribution is 0.102. The molecule has 3 rings (SSSR count). The van der Waals surface area contributed by atoms with Crippen LogP contribution in [0.25, 0.3) is 0 Å². The number of aromatic nitrogens is 3. The zero-order chi connectivity index (χ0) is 19.6. The molecule has 27 heavy (non-hydrogen) atoms. The molecule has 0 radical (unpaired) electrons. The lowest BCUT2D eigenvalue weighted by Crippen LogP contribution is -2.30. The van der Waals surface area contributed by atoms with Gasteiger partial charge in [0.1, 0.15) is 0 Å². The van der Waals surface area contributed by atoms with Gasteiger partial charge in [-0.2, -0.15) is 0 Å². The number of nitrogens with one attached hydrogen (secondary N) is 2. The number of hydrogen-bond acceptors (Lipinski definition) is 4. The normalized spacial score (nSPS) is 15.5. The van der Waals surface area contributed by atoms with Crippen LogP contribution in [0.1, 0.15) is 85.7 Å². The summed E-state index contributed by atoms with van der Waals surface area (Å²) in [7, 11) is 0. The quantitative estimate of drug-likeness (QED) is 0.835. The van der Waals surface area contributed by atoms with Crippen LogP contribution in [0.5, 0.6) is 0 Å². The van der Waals surface area contributed by atoms with E-state index >= 15 is 0 Å². The maximum Gasteiger partial charge on any atom is 0.278 e. The van der Waals surface area contributed by atoms with Crippen LogP contribution in [-0.2, 0) is 0 Å². The summed E-state index contributed by atoms with van der Waals surface area (Å²) in [6.07, 6.45) is 2.03. The molecule has 0 atom stereocenters. The molecule has 146 valence electrons. The van der Waals surface area contributed by atoms with Crippen molar-refractivity contribution in [2.75, 3.05) is 18.4 Å². The fourth-order valence-electron chi connectivity index (χ4n) is 3.66. The molecule has 0 spiro atoms. The minimum atomic E-state index is -0.188. The van der Waals surface area contributed by atoms with Crippen molar-refractivity contribution in [3.8, 4) is 0 Å². The van der Waals surface area contributed by atoms with Gasteiger partial charge in [0.05, 0.1) is 11.7 Å². The van der Waals surface area contributed by atoms with Gasteiger partial charge in [0.25, 0.3) is 5.91 Å². The van der Waals surface area contributed by atoms with Crippen LogP contribution >= 0.6 is 0 Å². The summed E-state index contributed by atoms with van der Waals surface area (Å²) in [4.78, 5) is 12.9. The van der Waals surface area contributed by atoms with E-state index in [4.69, 9.17) is 0 Å². The van der Waals surface area contributed by atoms with Gasteiger partial charge in [0.15, 0.2) is 5.69 Å². The van der Waals surface area contributed by atoms with E-state index in [0.29, 0.717) is 23.6 Å². The molecule has 1 aromatic heterocycles. The van der Waals surface area contributed by atoms with E-state index < -0.39 is 0 Å². The molecule has 1 aromatic carbocycles. The van der Waals surface area contributed by atoms with Crippen LogP contribution in [0, 0.1) is 6.92 Å². The van der Waals surface area contributed by atoms with Crippen LogP contribution < -0.4 is 10.6 Å². The number of nitrogens with zero attached hydrogens (tertiary/aromatic N) is 3. The van der Waals surface area contributed by atoms with Crippen molar-refractivity contribution in [1.82, 2.24) is 20.3 Å². The highest BCUT2D eigenvalue weighted by molar-refractivity contribution is 6.04. The Morgan fingerprint density at radius 2 is 1.89 bits per heavy atom. The van der Waals surface area contributed by atoms with Crippen LogP contribution in [0.2, 0.25) is 0 Å². The number of piperidine rings is 1. The first-order chi connectivity index (χ1) is 12.9. The van der Waals surface area contributed by atoms with Crippen molar-refractivity contribution in [2.24, 2.45) is 0 Å². The number of carbonyl (C=O) groups is 1. The number of anilines is 1. The molecule has 1 aliphatic heterocycles. The monoisotopic (exact) mass is 369 g/mol. The van der Waals surface area contributed by atoms with Crippen LogP contribution in [0.3, 0.4) is 0 Å². The van der Waals surface area contributed by atoms with Gasteiger partial charge in [-0.15, -0.1) is 5.10 Å². The van der Waals surface area contributed by atoms with Crippen molar-refractivity contribution < 1.29 is 4.79 Å². The third kappa shape index (κ3) is 4.21. The van der Waals surface area contributed by atoms with Crippen LogP contribution in [0.4, 0.5) is 5.69 Å². The number of benzene rings is 1. The van der Waals surface area contributed by atoms with E-state index in [1.807, 2.05) is 17.7 Å².